The molecule has 0 aromatic heterocycles. The van der Waals surface area contributed by atoms with Crippen molar-refractivity contribution in [1.82, 2.24) is 0 Å². The molecule has 1 atom stereocenters. The predicted octanol–water partition coefficient (Wildman–Crippen LogP) is 17.1. The highest BCUT2D eigenvalue weighted by molar-refractivity contribution is 5.71. The molecule has 0 aromatic carbocycles. The number of unbranched alkanes of at least 4 members (excludes halogenated alkanes) is 35. The van der Waals surface area contributed by atoms with Crippen LogP contribution in [-0.4, -0.2) is 37.2 Å². The van der Waals surface area contributed by atoms with Crippen molar-refractivity contribution in [3.8, 4) is 0 Å². The molecule has 0 aromatic rings. The van der Waals surface area contributed by atoms with Gasteiger partial charge in [-0.15, -0.1) is 0 Å². The number of ether oxygens (including phenoxy) is 3. The lowest BCUT2D eigenvalue weighted by Gasteiger charge is -2.18. The molecule has 0 rings (SSSR count). The van der Waals surface area contributed by atoms with Gasteiger partial charge in [0.05, 0.1) is 0 Å². The third-order valence-corrected chi connectivity index (χ3v) is 12.0. The Bertz CT molecular complexity index is 887. The number of carbonyl (C=O) groups excluding carboxylic acids is 3. The van der Waals surface area contributed by atoms with Crippen molar-refractivity contribution >= 4 is 17.9 Å². The Hall–Kier alpha value is -1.59. The first-order chi connectivity index (χ1) is 28.9. The van der Waals surface area contributed by atoms with Crippen LogP contribution in [0.4, 0.5) is 0 Å². The van der Waals surface area contributed by atoms with Crippen molar-refractivity contribution < 1.29 is 28.6 Å². The Labute approximate surface area is 368 Å². The van der Waals surface area contributed by atoms with Crippen LogP contribution < -0.4 is 0 Å². The molecule has 0 aliphatic heterocycles. The molecule has 350 valence electrons. The number of carbonyl (C=O) groups is 3. The first kappa shape index (κ1) is 57.4. The average molecular weight is 835 g/mol. The summed E-state index contributed by atoms with van der Waals surface area (Å²) in [5, 5.41) is 0. The van der Waals surface area contributed by atoms with Crippen LogP contribution in [0.15, 0.2) is 0 Å². The zero-order valence-corrected chi connectivity index (χ0v) is 40.2. The smallest absolute Gasteiger partial charge is 0.306 e. The number of rotatable bonds is 48. The Balaban J connectivity index is 4.29. The average Bonchev–Trinajstić information content (AvgIpc) is 3.22. The van der Waals surface area contributed by atoms with E-state index in [0.717, 1.165) is 63.7 Å². The summed E-state index contributed by atoms with van der Waals surface area (Å²) < 4.78 is 16.8. The van der Waals surface area contributed by atoms with Crippen LogP contribution in [-0.2, 0) is 28.6 Å². The van der Waals surface area contributed by atoms with Crippen LogP contribution in [0.5, 0.6) is 0 Å². The summed E-state index contributed by atoms with van der Waals surface area (Å²) in [7, 11) is 0. The van der Waals surface area contributed by atoms with E-state index in [1.54, 1.807) is 0 Å². The summed E-state index contributed by atoms with van der Waals surface area (Å²) in [6.07, 6.45) is 49.4. The summed E-state index contributed by atoms with van der Waals surface area (Å²) in [6, 6.07) is 0. The van der Waals surface area contributed by atoms with E-state index in [2.05, 4.69) is 27.7 Å². The lowest BCUT2D eigenvalue weighted by molar-refractivity contribution is -0.167. The summed E-state index contributed by atoms with van der Waals surface area (Å²) in [6.45, 7) is 9.01. The van der Waals surface area contributed by atoms with Gasteiger partial charge in [0.25, 0.3) is 0 Å². The van der Waals surface area contributed by atoms with Gasteiger partial charge in [0.1, 0.15) is 13.2 Å². The van der Waals surface area contributed by atoms with Gasteiger partial charge in [-0.3, -0.25) is 14.4 Å². The van der Waals surface area contributed by atoms with Crippen LogP contribution in [0.2, 0.25) is 0 Å². The minimum atomic E-state index is -0.760. The highest BCUT2D eigenvalue weighted by Gasteiger charge is 2.19. The molecule has 0 radical (unpaired) electrons. The van der Waals surface area contributed by atoms with Gasteiger partial charge in [-0.05, 0) is 25.2 Å². The first-order valence-electron chi connectivity index (χ1n) is 26.4. The Morgan fingerprint density at radius 1 is 0.322 bits per heavy atom. The second-order valence-electron chi connectivity index (χ2n) is 18.6. The third-order valence-electron chi connectivity index (χ3n) is 12.0. The van der Waals surface area contributed by atoms with E-state index < -0.39 is 6.10 Å². The van der Waals surface area contributed by atoms with Crippen molar-refractivity contribution in [2.75, 3.05) is 13.2 Å². The second-order valence-corrected chi connectivity index (χ2v) is 18.6. The van der Waals surface area contributed by atoms with Crippen LogP contribution in [0, 0.1) is 5.92 Å². The fourth-order valence-corrected chi connectivity index (χ4v) is 8.04. The van der Waals surface area contributed by atoms with Crippen molar-refractivity contribution in [3.05, 3.63) is 0 Å². The molecule has 0 amide bonds. The zero-order valence-electron chi connectivity index (χ0n) is 40.2. The highest BCUT2D eigenvalue weighted by atomic mass is 16.6. The molecule has 0 aliphatic rings. The largest absolute Gasteiger partial charge is 0.462 e. The Morgan fingerprint density at radius 2 is 0.559 bits per heavy atom. The summed E-state index contributed by atoms with van der Waals surface area (Å²) in [5.74, 6) is -0.0356. The molecular weight excluding hydrogens is 733 g/mol. The molecule has 0 saturated heterocycles. The standard InChI is InChI=1S/C53H102O6/c1-5-7-9-11-13-15-17-19-20-21-22-23-25-29-34-38-42-46-53(56)59-50(47-57-51(54)44-40-36-32-28-24-18-16-14-12-10-8-6-2)48-58-52(55)45-41-37-33-30-26-27-31-35-39-43-49(3)4/h49-50H,5-48H2,1-4H3/t50-/m0/s1. The van der Waals surface area contributed by atoms with E-state index in [1.807, 2.05) is 0 Å². The fraction of sp³-hybridized carbons (Fsp3) is 0.943. The minimum Gasteiger partial charge on any atom is -0.462 e. The van der Waals surface area contributed by atoms with Gasteiger partial charge in [-0.1, -0.05) is 259 Å². The topological polar surface area (TPSA) is 78.9 Å². The molecule has 6 heteroatoms. The minimum absolute atomic E-state index is 0.0629. The van der Waals surface area contributed by atoms with E-state index >= 15 is 0 Å². The monoisotopic (exact) mass is 835 g/mol. The molecular formula is C53H102O6. The molecule has 0 bridgehead atoms. The number of esters is 3. The molecule has 0 heterocycles. The Kier molecular flexibility index (Phi) is 46.2. The maximum Gasteiger partial charge on any atom is 0.306 e. The summed E-state index contributed by atoms with van der Waals surface area (Å²) in [4.78, 5) is 37.9. The molecule has 0 spiro atoms. The summed E-state index contributed by atoms with van der Waals surface area (Å²) >= 11 is 0. The lowest BCUT2D eigenvalue weighted by atomic mass is 10.0. The summed E-state index contributed by atoms with van der Waals surface area (Å²) in [5.41, 5.74) is 0. The van der Waals surface area contributed by atoms with Gasteiger partial charge >= 0.3 is 17.9 Å². The van der Waals surface area contributed by atoms with Crippen molar-refractivity contribution in [2.24, 2.45) is 5.92 Å². The van der Waals surface area contributed by atoms with E-state index in [0.29, 0.717) is 19.3 Å². The van der Waals surface area contributed by atoms with Gasteiger partial charge in [-0.2, -0.15) is 0 Å². The second kappa shape index (κ2) is 47.5. The van der Waals surface area contributed by atoms with Crippen LogP contribution in [0.1, 0.15) is 297 Å². The quantitative estimate of drug-likeness (QED) is 0.0345. The van der Waals surface area contributed by atoms with Crippen LogP contribution >= 0.6 is 0 Å². The van der Waals surface area contributed by atoms with Gasteiger partial charge in [-0.25, -0.2) is 0 Å². The van der Waals surface area contributed by atoms with Crippen molar-refractivity contribution in [2.45, 2.75) is 303 Å². The molecule has 0 unspecified atom stereocenters. The van der Waals surface area contributed by atoms with Crippen molar-refractivity contribution in [3.63, 3.8) is 0 Å². The van der Waals surface area contributed by atoms with Gasteiger partial charge in [0, 0.05) is 19.3 Å². The van der Waals surface area contributed by atoms with Crippen LogP contribution in [0.3, 0.4) is 0 Å². The van der Waals surface area contributed by atoms with Gasteiger partial charge < -0.3 is 14.2 Å². The van der Waals surface area contributed by atoms with Gasteiger partial charge in [0.2, 0.25) is 0 Å². The van der Waals surface area contributed by atoms with E-state index in [9.17, 15) is 14.4 Å². The fourth-order valence-electron chi connectivity index (χ4n) is 8.04. The molecule has 0 saturated carbocycles. The third kappa shape index (κ3) is 47.3. The van der Waals surface area contributed by atoms with E-state index in [4.69, 9.17) is 14.2 Å². The van der Waals surface area contributed by atoms with Gasteiger partial charge in [0.15, 0.2) is 6.10 Å². The Morgan fingerprint density at radius 3 is 0.831 bits per heavy atom. The zero-order chi connectivity index (χ0) is 43.1. The SMILES string of the molecule is CCCCCCCCCCCCCCCCCCCC(=O)O[C@@H](COC(=O)CCCCCCCCCCCCCC)COC(=O)CCCCCCCCCCCC(C)C. The maximum absolute atomic E-state index is 12.8. The predicted molar refractivity (Wildman–Crippen MR) is 252 cm³/mol. The van der Waals surface area contributed by atoms with E-state index in [1.165, 1.54) is 193 Å². The highest BCUT2D eigenvalue weighted by Crippen LogP contribution is 2.17. The molecule has 0 N–H and O–H groups in total. The molecule has 6 nitrogen and oxygen atoms in total. The normalized spacial score (nSPS) is 11.9. The maximum atomic E-state index is 12.8. The first-order valence-corrected chi connectivity index (χ1v) is 26.4. The molecule has 59 heavy (non-hydrogen) atoms. The molecule has 0 aliphatic carbocycles. The van der Waals surface area contributed by atoms with Crippen LogP contribution in [0.25, 0.3) is 0 Å². The lowest BCUT2D eigenvalue weighted by Crippen LogP contribution is -2.30. The van der Waals surface area contributed by atoms with Crippen molar-refractivity contribution in [1.29, 1.82) is 0 Å². The van der Waals surface area contributed by atoms with E-state index in [-0.39, 0.29) is 31.1 Å². The molecule has 0 fully saturated rings. The number of hydrogen-bond donors (Lipinski definition) is 0. The number of hydrogen-bond acceptors (Lipinski definition) is 6.